The molecule has 6 heteroatoms. The van der Waals surface area contributed by atoms with Gasteiger partial charge in [-0.15, -0.1) is 0 Å². The Balaban J connectivity index is 2.29. The fraction of sp³-hybridized carbons (Fsp3) is 0.812. The second kappa shape index (κ2) is 7.94. The van der Waals surface area contributed by atoms with Crippen molar-refractivity contribution in [2.24, 2.45) is 4.99 Å². The van der Waals surface area contributed by atoms with Crippen molar-refractivity contribution in [3.8, 4) is 0 Å². The van der Waals surface area contributed by atoms with Gasteiger partial charge in [0, 0.05) is 58.6 Å². The lowest BCUT2D eigenvalue weighted by molar-refractivity contribution is -0.0795. The van der Waals surface area contributed by atoms with Gasteiger partial charge in [0.1, 0.15) is 5.82 Å². The minimum Gasteiger partial charge on any atom is -0.359 e. The summed E-state index contributed by atoms with van der Waals surface area (Å²) >= 11 is 0. The maximum absolute atomic E-state index is 4.90. The van der Waals surface area contributed by atoms with E-state index in [2.05, 4.69) is 59.1 Å². The molecule has 2 aliphatic heterocycles. The molecule has 1 fully saturated rings. The second-order valence-electron chi connectivity index (χ2n) is 5.59. The molecule has 2 heterocycles. The molecule has 0 aromatic rings. The first-order valence-corrected chi connectivity index (χ1v) is 8.63. The van der Waals surface area contributed by atoms with Crippen LogP contribution < -0.4 is 10.6 Å². The molecule has 0 bridgehead atoms. The van der Waals surface area contributed by atoms with E-state index in [1.165, 1.54) is 0 Å². The lowest BCUT2D eigenvalue weighted by Gasteiger charge is -2.51. The standard InChI is InChI=1S/C16H31N6/c1-5-20(6-2)15-9-10-18-16(19-15,21(7-3)8-4)22-13-11-17-12-14-22/h9-10,19H,5-8,11-14H2,1-4H3. The first-order valence-electron chi connectivity index (χ1n) is 8.63. The maximum Gasteiger partial charge on any atom is 0.250 e. The highest BCUT2D eigenvalue weighted by atomic mass is 15.6. The van der Waals surface area contributed by atoms with Crippen molar-refractivity contribution in [2.75, 3.05) is 52.4 Å². The van der Waals surface area contributed by atoms with E-state index in [1.807, 2.05) is 6.21 Å². The van der Waals surface area contributed by atoms with Crippen molar-refractivity contribution in [1.82, 2.24) is 25.3 Å². The van der Waals surface area contributed by atoms with Gasteiger partial charge in [-0.3, -0.25) is 0 Å². The highest BCUT2D eigenvalue weighted by Gasteiger charge is 2.43. The van der Waals surface area contributed by atoms with Gasteiger partial charge in [-0.25, -0.2) is 20.1 Å². The molecule has 125 valence electrons. The smallest absolute Gasteiger partial charge is 0.250 e. The zero-order valence-corrected chi connectivity index (χ0v) is 14.5. The third kappa shape index (κ3) is 3.29. The predicted molar refractivity (Wildman–Crippen MR) is 91.7 cm³/mol. The SMILES string of the molecule is CCN(CC)C1=CC=NC(N(CC)CC)(N2CC[N]CC2)N1. The van der Waals surface area contributed by atoms with Crippen LogP contribution in [-0.2, 0) is 0 Å². The molecule has 1 atom stereocenters. The van der Waals surface area contributed by atoms with Gasteiger partial charge in [0.2, 0.25) is 0 Å². The first-order chi connectivity index (χ1) is 10.7. The summed E-state index contributed by atoms with van der Waals surface area (Å²) in [5.41, 5.74) is 0. The molecule has 1 radical (unpaired) electrons. The Kier molecular flexibility index (Phi) is 6.23. The van der Waals surface area contributed by atoms with Gasteiger partial charge in [0.05, 0.1) is 0 Å². The number of nitrogens with zero attached hydrogens (tertiary/aromatic N) is 5. The fourth-order valence-corrected chi connectivity index (χ4v) is 3.31. The van der Waals surface area contributed by atoms with Crippen LogP contribution in [0.5, 0.6) is 0 Å². The van der Waals surface area contributed by atoms with E-state index in [9.17, 15) is 0 Å². The molecule has 6 nitrogen and oxygen atoms in total. The minimum absolute atomic E-state index is 0.466. The van der Waals surface area contributed by atoms with Crippen molar-refractivity contribution in [3.05, 3.63) is 11.9 Å². The zero-order chi connectivity index (χ0) is 16.0. The summed E-state index contributed by atoms with van der Waals surface area (Å²) < 4.78 is 0. The number of rotatable bonds is 7. The van der Waals surface area contributed by atoms with Crippen LogP contribution in [-0.4, -0.2) is 79.2 Å². The number of piperazine rings is 1. The highest BCUT2D eigenvalue weighted by Crippen LogP contribution is 2.25. The van der Waals surface area contributed by atoms with Gasteiger partial charge >= 0.3 is 0 Å². The van der Waals surface area contributed by atoms with Gasteiger partial charge in [0.25, 0.3) is 5.91 Å². The quantitative estimate of drug-likeness (QED) is 0.753. The molecule has 2 rings (SSSR count). The summed E-state index contributed by atoms with van der Waals surface area (Å²) in [6, 6.07) is 0. The molecule has 0 aliphatic carbocycles. The second-order valence-corrected chi connectivity index (χ2v) is 5.59. The van der Waals surface area contributed by atoms with Crippen molar-refractivity contribution < 1.29 is 0 Å². The number of allylic oxidation sites excluding steroid dienone is 1. The summed E-state index contributed by atoms with van der Waals surface area (Å²) in [7, 11) is 0. The Bertz CT molecular complexity index is 393. The van der Waals surface area contributed by atoms with Crippen LogP contribution >= 0.6 is 0 Å². The molecule has 1 saturated heterocycles. The lowest BCUT2D eigenvalue weighted by atomic mass is 10.2. The summed E-state index contributed by atoms with van der Waals surface area (Å²) in [5, 5.41) is 8.23. The summed E-state index contributed by atoms with van der Waals surface area (Å²) in [5.74, 6) is 0.695. The molecule has 1 unspecified atom stereocenters. The fourth-order valence-electron chi connectivity index (χ4n) is 3.31. The Hall–Kier alpha value is -1.11. The molecule has 2 aliphatic rings. The highest BCUT2D eigenvalue weighted by molar-refractivity contribution is 5.73. The number of hydrogen-bond acceptors (Lipinski definition) is 5. The molecule has 0 saturated carbocycles. The van der Waals surface area contributed by atoms with E-state index in [1.54, 1.807) is 0 Å². The molecule has 0 aromatic heterocycles. The third-order valence-corrected chi connectivity index (χ3v) is 4.59. The Morgan fingerprint density at radius 2 is 1.73 bits per heavy atom. The average molecular weight is 307 g/mol. The van der Waals surface area contributed by atoms with Gasteiger partial charge < -0.3 is 10.2 Å². The van der Waals surface area contributed by atoms with Crippen LogP contribution in [0.1, 0.15) is 27.7 Å². The molecule has 0 aromatic carbocycles. The Morgan fingerprint density at radius 1 is 1.09 bits per heavy atom. The molecular weight excluding hydrogens is 276 g/mol. The van der Waals surface area contributed by atoms with E-state index in [4.69, 9.17) is 4.99 Å². The predicted octanol–water partition coefficient (Wildman–Crippen LogP) is 0.717. The van der Waals surface area contributed by atoms with Crippen LogP contribution in [0.15, 0.2) is 16.9 Å². The van der Waals surface area contributed by atoms with Crippen molar-refractivity contribution in [2.45, 2.75) is 33.6 Å². The average Bonchev–Trinajstić information content (AvgIpc) is 2.58. The van der Waals surface area contributed by atoms with Gasteiger partial charge in [-0.2, -0.15) is 0 Å². The van der Waals surface area contributed by atoms with Crippen LogP contribution in [0.4, 0.5) is 0 Å². The van der Waals surface area contributed by atoms with Crippen molar-refractivity contribution in [3.63, 3.8) is 0 Å². The van der Waals surface area contributed by atoms with Crippen LogP contribution in [0.2, 0.25) is 0 Å². The largest absolute Gasteiger partial charge is 0.359 e. The van der Waals surface area contributed by atoms with Crippen LogP contribution in [0.25, 0.3) is 0 Å². The first kappa shape index (κ1) is 17.2. The van der Waals surface area contributed by atoms with Crippen LogP contribution in [0.3, 0.4) is 0 Å². The Labute approximate surface area is 135 Å². The Morgan fingerprint density at radius 3 is 2.27 bits per heavy atom. The normalized spacial score (nSPS) is 26.0. The van der Waals surface area contributed by atoms with Crippen molar-refractivity contribution in [1.29, 1.82) is 0 Å². The zero-order valence-electron chi connectivity index (χ0n) is 14.5. The van der Waals surface area contributed by atoms with Crippen LogP contribution in [0, 0.1) is 0 Å². The maximum atomic E-state index is 4.90. The summed E-state index contributed by atoms with van der Waals surface area (Å²) in [6.07, 6.45) is 4.05. The van der Waals surface area contributed by atoms with Crippen molar-refractivity contribution >= 4 is 6.21 Å². The number of nitrogens with one attached hydrogen (secondary N) is 1. The monoisotopic (exact) mass is 307 g/mol. The summed E-state index contributed by atoms with van der Waals surface area (Å²) in [6.45, 7) is 16.4. The third-order valence-electron chi connectivity index (χ3n) is 4.59. The van der Waals surface area contributed by atoms with Gasteiger partial charge in [-0.1, -0.05) is 13.8 Å². The molecule has 0 amide bonds. The van der Waals surface area contributed by atoms with Gasteiger partial charge in [0.15, 0.2) is 0 Å². The molecule has 0 spiro atoms. The van der Waals surface area contributed by atoms with E-state index in [-0.39, 0.29) is 0 Å². The lowest BCUT2D eigenvalue weighted by Crippen LogP contribution is -2.71. The number of aliphatic imine (C=N–C) groups is 1. The molecule has 1 N–H and O–H groups in total. The minimum atomic E-state index is -0.466. The van der Waals surface area contributed by atoms with E-state index in [0.717, 1.165) is 58.2 Å². The van der Waals surface area contributed by atoms with E-state index >= 15 is 0 Å². The van der Waals surface area contributed by atoms with Gasteiger partial charge in [-0.05, 0) is 19.9 Å². The van der Waals surface area contributed by atoms with E-state index in [0.29, 0.717) is 0 Å². The number of hydrogen-bond donors (Lipinski definition) is 1. The molecular formula is C16H31N6. The van der Waals surface area contributed by atoms with E-state index < -0.39 is 5.91 Å². The molecule has 22 heavy (non-hydrogen) atoms. The summed E-state index contributed by atoms with van der Waals surface area (Å²) in [4.78, 5) is 12.1. The topological polar surface area (TPSA) is 48.2 Å².